The first kappa shape index (κ1) is 9.80. The molecule has 1 rings (SSSR count). The van der Waals surface area contributed by atoms with Crippen molar-refractivity contribution in [3.63, 3.8) is 0 Å². The van der Waals surface area contributed by atoms with E-state index in [4.69, 9.17) is 10.5 Å². The first-order valence-corrected chi connectivity index (χ1v) is 3.74. The summed E-state index contributed by atoms with van der Waals surface area (Å²) in [7, 11) is 0. The standard InChI is InChI=1S/C7H12F3NO/c1-6(3-12-4-6)2-5(11)7(8,9)10/h5H,2-4,11H2,1H3. The summed E-state index contributed by atoms with van der Waals surface area (Å²) in [6, 6.07) is -1.72. The van der Waals surface area contributed by atoms with Crippen molar-refractivity contribution in [1.82, 2.24) is 0 Å². The summed E-state index contributed by atoms with van der Waals surface area (Å²) in [5.74, 6) is 0. The molecule has 72 valence electrons. The van der Waals surface area contributed by atoms with Crippen molar-refractivity contribution in [1.29, 1.82) is 0 Å². The van der Waals surface area contributed by atoms with Crippen LogP contribution in [-0.4, -0.2) is 25.4 Å². The van der Waals surface area contributed by atoms with Gasteiger partial charge in [-0.1, -0.05) is 6.92 Å². The SMILES string of the molecule is CC1(CC(N)C(F)(F)F)COC1. The Kier molecular flexibility index (Phi) is 2.35. The minimum absolute atomic E-state index is 0.0451. The highest BCUT2D eigenvalue weighted by molar-refractivity contribution is 4.87. The van der Waals surface area contributed by atoms with Crippen molar-refractivity contribution in [2.45, 2.75) is 25.6 Å². The van der Waals surface area contributed by atoms with Gasteiger partial charge in [0.25, 0.3) is 0 Å². The summed E-state index contributed by atoms with van der Waals surface area (Å²) in [6.07, 6.45) is -4.32. The Hall–Kier alpha value is -0.290. The maximum Gasteiger partial charge on any atom is 0.403 e. The second-order valence-electron chi connectivity index (χ2n) is 3.66. The number of hydrogen-bond acceptors (Lipinski definition) is 2. The lowest BCUT2D eigenvalue weighted by molar-refractivity contribution is -0.175. The van der Waals surface area contributed by atoms with Crippen molar-refractivity contribution in [3.05, 3.63) is 0 Å². The third-order valence-electron chi connectivity index (χ3n) is 2.03. The van der Waals surface area contributed by atoms with Crippen molar-refractivity contribution in [2.24, 2.45) is 11.1 Å². The van der Waals surface area contributed by atoms with Gasteiger partial charge in [-0.25, -0.2) is 0 Å². The molecule has 2 N–H and O–H groups in total. The molecule has 0 saturated carbocycles. The summed E-state index contributed by atoms with van der Waals surface area (Å²) < 4.78 is 40.8. The Morgan fingerprint density at radius 3 is 2.25 bits per heavy atom. The molecule has 0 aromatic carbocycles. The van der Waals surface area contributed by atoms with Crippen LogP contribution in [0.5, 0.6) is 0 Å². The Morgan fingerprint density at radius 1 is 1.50 bits per heavy atom. The fourth-order valence-electron chi connectivity index (χ4n) is 1.22. The molecule has 1 atom stereocenters. The van der Waals surface area contributed by atoms with Gasteiger partial charge < -0.3 is 10.5 Å². The van der Waals surface area contributed by atoms with Crippen LogP contribution < -0.4 is 5.73 Å². The fraction of sp³-hybridized carbons (Fsp3) is 1.00. The van der Waals surface area contributed by atoms with Gasteiger partial charge in [-0.05, 0) is 6.42 Å². The maximum absolute atomic E-state index is 12.0. The van der Waals surface area contributed by atoms with Gasteiger partial charge in [0.1, 0.15) is 6.04 Å². The number of halogens is 3. The predicted molar refractivity (Wildman–Crippen MR) is 37.6 cm³/mol. The quantitative estimate of drug-likeness (QED) is 0.700. The summed E-state index contributed by atoms with van der Waals surface area (Å²) in [4.78, 5) is 0. The van der Waals surface area contributed by atoms with Gasteiger partial charge in [-0.15, -0.1) is 0 Å². The molecule has 0 aromatic heterocycles. The molecule has 1 aliphatic heterocycles. The fourth-order valence-corrected chi connectivity index (χ4v) is 1.22. The van der Waals surface area contributed by atoms with E-state index in [-0.39, 0.29) is 11.8 Å². The van der Waals surface area contributed by atoms with Crippen LogP contribution in [0.25, 0.3) is 0 Å². The molecule has 0 aromatic rings. The molecule has 1 aliphatic rings. The van der Waals surface area contributed by atoms with Crippen LogP contribution in [0.4, 0.5) is 13.2 Å². The normalized spacial score (nSPS) is 24.8. The molecule has 0 radical (unpaired) electrons. The number of alkyl halides is 3. The lowest BCUT2D eigenvalue weighted by atomic mass is 9.82. The van der Waals surface area contributed by atoms with E-state index in [0.29, 0.717) is 13.2 Å². The molecule has 0 bridgehead atoms. The van der Waals surface area contributed by atoms with E-state index in [1.807, 2.05) is 0 Å². The number of nitrogens with two attached hydrogens (primary N) is 1. The first-order valence-electron chi connectivity index (χ1n) is 3.74. The zero-order chi connectivity index (χ0) is 9.41. The van der Waals surface area contributed by atoms with E-state index in [1.165, 1.54) is 0 Å². The molecule has 0 aliphatic carbocycles. The van der Waals surface area contributed by atoms with E-state index >= 15 is 0 Å². The Morgan fingerprint density at radius 2 is 2.00 bits per heavy atom. The number of ether oxygens (including phenoxy) is 1. The van der Waals surface area contributed by atoms with Crippen LogP contribution in [0, 0.1) is 5.41 Å². The monoisotopic (exact) mass is 183 g/mol. The zero-order valence-corrected chi connectivity index (χ0v) is 6.82. The average Bonchev–Trinajstić information content (AvgIpc) is 1.82. The molecule has 12 heavy (non-hydrogen) atoms. The van der Waals surface area contributed by atoms with Crippen LogP contribution in [0.15, 0.2) is 0 Å². The van der Waals surface area contributed by atoms with E-state index in [2.05, 4.69) is 0 Å². The maximum atomic E-state index is 12.0. The third-order valence-corrected chi connectivity index (χ3v) is 2.03. The van der Waals surface area contributed by atoms with Crippen molar-refractivity contribution >= 4 is 0 Å². The summed E-state index contributed by atoms with van der Waals surface area (Å²) in [5.41, 5.74) is 4.60. The topological polar surface area (TPSA) is 35.2 Å². The van der Waals surface area contributed by atoms with E-state index < -0.39 is 12.2 Å². The average molecular weight is 183 g/mol. The van der Waals surface area contributed by atoms with Crippen molar-refractivity contribution in [3.8, 4) is 0 Å². The van der Waals surface area contributed by atoms with Crippen LogP contribution in [0.1, 0.15) is 13.3 Å². The molecule has 1 fully saturated rings. The highest BCUT2D eigenvalue weighted by Gasteiger charge is 2.44. The molecule has 1 heterocycles. The van der Waals surface area contributed by atoms with E-state index in [1.54, 1.807) is 6.92 Å². The smallest absolute Gasteiger partial charge is 0.380 e. The first-order chi connectivity index (χ1) is 5.33. The number of hydrogen-bond donors (Lipinski definition) is 1. The second kappa shape index (κ2) is 2.88. The summed E-state index contributed by atoms with van der Waals surface area (Å²) in [6.45, 7) is 2.52. The highest BCUT2D eigenvalue weighted by Crippen LogP contribution is 2.35. The van der Waals surface area contributed by atoms with E-state index in [9.17, 15) is 13.2 Å². The largest absolute Gasteiger partial charge is 0.403 e. The minimum atomic E-state index is -4.28. The van der Waals surface area contributed by atoms with Crippen LogP contribution in [0.2, 0.25) is 0 Å². The van der Waals surface area contributed by atoms with Crippen molar-refractivity contribution in [2.75, 3.05) is 13.2 Å². The van der Waals surface area contributed by atoms with Gasteiger partial charge in [-0.2, -0.15) is 13.2 Å². The third kappa shape index (κ3) is 2.10. The van der Waals surface area contributed by atoms with Gasteiger partial charge in [-0.3, -0.25) is 0 Å². The van der Waals surface area contributed by atoms with Gasteiger partial charge in [0.15, 0.2) is 0 Å². The molecule has 0 spiro atoms. The molecule has 1 saturated heterocycles. The lowest BCUT2D eigenvalue weighted by Crippen LogP contribution is -2.48. The second-order valence-corrected chi connectivity index (χ2v) is 3.66. The summed E-state index contributed by atoms with van der Waals surface area (Å²) >= 11 is 0. The lowest BCUT2D eigenvalue weighted by Gasteiger charge is -2.40. The van der Waals surface area contributed by atoms with Crippen LogP contribution >= 0.6 is 0 Å². The molecule has 1 unspecified atom stereocenters. The summed E-state index contributed by atoms with van der Waals surface area (Å²) in [5, 5.41) is 0. The van der Waals surface area contributed by atoms with Crippen LogP contribution in [-0.2, 0) is 4.74 Å². The molecular weight excluding hydrogens is 171 g/mol. The number of rotatable bonds is 2. The van der Waals surface area contributed by atoms with Gasteiger partial charge >= 0.3 is 6.18 Å². The van der Waals surface area contributed by atoms with Gasteiger partial charge in [0.2, 0.25) is 0 Å². The highest BCUT2D eigenvalue weighted by atomic mass is 19.4. The Balaban J connectivity index is 2.40. The minimum Gasteiger partial charge on any atom is -0.380 e. The predicted octanol–water partition coefficient (Wildman–Crippen LogP) is 1.30. The van der Waals surface area contributed by atoms with Gasteiger partial charge in [0, 0.05) is 5.41 Å². The van der Waals surface area contributed by atoms with Crippen molar-refractivity contribution < 1.29 is 17.9 Å². The van der Waals surface area contributed by atoms with E-state index in [0.717, 1.165) is 0 Å². The molecule has 0 amide bonds. The Labute approximate surface area is 68.9 Å². The van der Waals surface area contributed by atoms with Gasteiger partial charge in [0.05, 0.1) is 13.2 Å². The molecule has 2 nitrogen and oxygen atoms in total. The van der Waals surface area contributed by atoms with Crippen LogP contribution in [0.3, 0.4) is 0 Å². The Bertz CT molecular complexity index is 165. The molecular formula is C7H12F3NO. The molecule has 5 heteroatoms. The zero-order valence-electron chi connectivity index (χ0n) is 6.82.